The molecule has 1 aromatic rings. The maximum absolute atomic E-state index is 13.3. The number of nitrogens with one attached hydrogen (secondary N) is 1. The van der Waals surface area contributed by atoms with Gasteiger partial charge in [-0.2, -0.15) is 0 Å². The van der Waals surface area contributed by atoms with Crippen LogP contribution in [-0.4, -0.2) is 12.5 Å². The van der Waals surface area contributed by atoms with Crippen LogP contribution in [0.5, 0.6) is 0 Å². The Morgan fingerprint density at radius 1 is 0.947 bits per heavy atom. The second-order valence-corrected chi connectivity index (χ2v) is 4.38. The van der Waals surface area contributed by atoms with Crippen molar-refractivity contribution in [2.45, 2.75) is 20.3 Å². The number of carbonyl (C=O) groups is 1. The predicted octanol–water partition coefficient (Wildman–Crippen LogP) is 3.16. The first-order valence-corrected chi connectivity index (χ1v) is 5.57. The lowest BCUT2D eigenvalue weighted by molar-refractivity contribution is 0.0940. The fourth-order valence-corrected chi connectivity index (χ4v) is 1.37. The maximum atomic E-state index is 13.3. The third kappa shape index (κ3) is 3.21. The van der Waals surface area contributed by atoms with E-state index in [4.69, 9.17) is 0 Å². The Morgan fingerprint density at radius 3 is 1.79 bits per heavy atom. The van der Waals surface area contributed by atoms with Crippen molar-refractivity contribution < 1.29 is 26.7 Å². The molecule has 0 aliphatic rings. The van der Waals surface area contributed by atoms with E-state index in [-0.39, 0.29) is 12.5 Å². The Bertz CT molecular complexity index is 472. The van der Waals surface area contributed by atoms with Crippen LogP contribution >= 0.6 is 0 Å². The average molecular weight is 281 g/mol. The van der Waals surface area contributed by atoms with Gasteiger partial charge < -0.3 is 5.32 Å². The molecule has 0 fully saturated rings. The van der Waals surface area contributed by atoms with Crippen molar-refractivity contribution in [2.75, 3.05) is 6.54 Å². The van der Waals surface area contributed by atoms with Gasteiger partial charge in [0.2, 0.25) is 5.82 Å². The Labute approximate surface area is 106 Å². The first kappa shape index (κ1) is 15.4. The van der Waals surface area contributed by atoms with Gasteiger partial charge in [0.15, 0.2) is 23.3 Å². The van der Waals surface area contributed by atoms with Gasteiger partial charge in [-0.3, -0.25) is 4.79 Å². The average Bonchev–Trinajstić information content (AvgIpc) is 2.34. The highest BCUT2D eigenvalue weighted by atomic mass is 19.2. The van der Waals surface area contributed by atoms with E-state index in [0.29, 0.717) is 6.42 Å². The maximum Gasteiger partial charge on any atom is 0.257 e. The van der Waals surface area contributed by atoms with Crippen LogP contribution in [0, 0.1) is 35.0 Å². The van der Waals surface area contributed by atoms with Gasteiger partial charge in [-0.05, 0) is 12.3 Å². The van der Waals surface area contributed by atoms with E-state index in [9.17, 15) is 26.7 Å². The van der Waals surface area contributed by atoms with Crippen molar-refractivity contribution in [3.05, 3.63) is 34.6 Å². The third-order valence-electron chi connectivity index (χ3n) is 2.44. The van der Waals surface area contributed by atoms with E-state index in [1.165, 1.54) is 0 Å². The predicted molar refractivity (Wildman–Crippen MR) is 58.0 cm³/mol. The molecule has 0 atom stereocenters. The lowest BCUT2D eigenvalue weighted by Gasteiger charge is -2.10. The lowest BCUT2D eigenvalue weighted by Crippen LogP contribution is -2.28. The molecule has 106 valence electrons. The summed E-state index contributed by atoms with van der Waals surface area (Å²) in [7, 11) is 0. The van der Waals surface area contributed by atoms with Crippen LogP contribution in [0.3, 0.4) is 0 Å². The lowest BCUT2D eigenvalue weighted by atomic mass is 10.1. The zero-order chi connectivity index (χ0) is 14.7. The summed E-state index contributed by atoms with van der Waals surface area (Å²) >= 11 is 0. The molecular weight excluding hydrogens is 269 g/mol. The number of rotatable bonds is 4. The van der Waals surface area contributed by atoms with Gasteiger partial charge in [-0.1, -0.05) is 13.8 Å². The van der Waals surface area contributed by atoms with Gasteiger partial charge in [0.05, 0.1) is 0 Å². The number of carbonyl (C=O) groups excluding carboxylic acids is 1. The number of hydrogen-bond acceptors (Lipinski definition) is 1. The number of benzene rings is 1. The Kier molecular flexibility index (Phi) is 4.85. The SMILES string of the molecule is CC(C)CCNC(=O)c1c(F)c(F)c(F)c(F)c1F. The van der Waals surface area contributed by atoms with Gasteiger partial charge in [-0.25, -0.2) is 22.0 Å². The Balaban J connectivity index is 3.04. The first-order chi connectivity index (χ1) is 8.77. The van der Waals surface area contributed by atoms with Crippen LogP contribution in [0.4, 0.5) is 22.0 Å². The standard InChI is InChI=1S/C12H12F5NO/c1-5(2)3-4-18-12(19)6-7(13)9(15)11(17)10(16)8(6)14/h5H,3-4H2,1-2H3,(H,18,19). The summed E-state index contributed by atoms with van der Waals surface area (Å²) in [6.07, 6.45) is 0.515. The number of hydrogen-bond donors (Lipinski definition) is 1. The second-order valence-electron chi connectivity index (χ2n) is 4.38. The molecule has 0 aromatic heterocycles. The van der Waals surface area contributed by atoms with Crippen LogP contribution in [0.2, 0.25) is 0 Å². The summed E-state index contributed by atoms with van der Waals surface area (Å²) in [5.41, 5.74) is -1.46. The highest BCUT2D eigenvalue weighted by molar-refractivity contribution is 5.94. The van der Waals surface area contributed by atoms with E-state index >= 15 is 0 Å². The van der Waals surface area contributed by atoms with Crippen molar-refractivity contribution >= 4 is 5.91 Å². The summed E-state index contributed by atoms with van der Waals surface area (Å²) in [6, 6.07) is 0. The molecule has 0 aliphatic heterocycles. The number of amides is 1. The number of halogens is 5. The molecule has 7 heteroatoms. The zero-order valence-corrected chi connectivity index (χ0v) is 10.3. The van der Waals surface area contributed by atoms with E-state index in [1.807, 2.05) is 13.8 Å². The van der Waals surface area contributed by atoms with Crippen molar-refractivity contribution in [3.8, 4) is 0 Å². The summed E-state index contributed by atoms with van der Waals surface area (Å²) in [6.45, 7) is 3.78. The van der Waals surface area contributed by atoms with Gasteiger partial charge in [-0.15, -0.1) is 0 Å². The summed E-state index contributed by atoms with van der Waals surface area (Å²) < 4.78 is 65.0. The third-order valence-corrected chi connectivity index (χ3v) is 2.44. The molecule has 1 rings (SSSR count). The molecular formula is C12H12F5NO. The normalized spacial score (nSPS) is 10.9. The topological polar surface area (TPSA) is 29.1 Å². The fraction of sp³-hybridized carbons (Fsp3) is 0.417. The molecule has 0 unspecified atom stereocenters. The quantitative estimate of drug-likeness (QED) is 0.512. The van der Waals surface area contributed by atoms with E-state index < -0.39 is 40.6 Å². The van der Waals surface area contributed by atoms with Crippen LogP contribution in [0.15, 0.2) is 0 Å². The summed E-state index contributed by atoms with van der Waals surface area (Å²) in [5.74, 6) is -11.9. The largest absolute Gasteiger partial charge is 0.352 e. The van der Waals surface area contributed by atoms with Crippen molar-refractivity contribution in [3.63, 3.8) is 0 Å². The summed E-state index contributed by atoms with van der Waals surface area (Å²) in [5, 5.41) is 2.11. The van der Waals surface area contributed by atoms with Crippen molar-refractivity contribution in [1.29, 1.82) is 0 Å². The van der Waals surface area contributed by atoms with Gasteiger partial charge in [0.1, 0.15) is 5.56 Å². The fourth-order valence-electron chi connectivity index (χ4n) is 1.37. The smallest absolute Gasteiger partial charge is 0.257 e. The Morgan fingerprint density at radius 2 is 1.37 bits per heavy atom. The molecule has 19 heavy (non-hydrogen) atoms. The highest BCUT2D eigenvalue weighted by Gasteiger charge is 2.29. The highest BCUT2D eigenvalue weighted by Crippen LogP contribution is 2.22. The molecule has 0 saturated heterocycles. The minimum Gasteiger partial charge on any atom is -0.352 e. The van der Waals surface area contributed by atoms with Crippen LogP contribution < -0.4 is 5.32 Å². The second kappa shape index (κ2) is 5.99. The summed E-state index contributed by atoms with van der Waals surface area (Å²) in [4.78, 5) is 11.4. The Hall–Kier alpha value is -1.66. The van der Waals surface area contributed by atoms with Gasteiger partial charge >= 0.3 is 0 Å². The van der Waals surface area contributed by atoms with E-state index in [1.54, 1.807) is 0 Å². The molecule has 0 bridgehead atoms. The molecule has 0 heterocycles. The van der Waals surface area contributed by atoms with E-state index in [2.05, 4.69) is 5.32 Å². The molecule has 0 aliphatic carbocycles. The molecule has 2 nitrogen and oxygen atoms in total. The molecule has 0 radical (unpaired) electrons. The van der Waals surface area contributed by atoms with Crippen molar-refractivity contribution in [2.24, 2.45) is 5.92 Å². The van der Waals surface area contributed by atoms with Crippen molar-refractivity contribution in [1.82, 2.24) is 5.32 Å². The molecule has 1 N–H and O–H groups in total. The van der Waals surface area contributed by atoms with Crippen LogP contribution in [-0.2, 0) is 0 Å². The van der Waals surface area contributed by atoms with Gasteiger partial charge in [0, 0.05) is 6.54 Å². The molecule has 0 spiro atoms. The minimum atomic E-state index is -2.28. The van der Waals surface area contributed by atoms with Crippen LogP contribution in [0.1, 0.15) is 30.6 Å². The van der Waals surface area contributed by atoms with E-state index in [0.717, 1.165) is 0 Å². The molecule has 1 aromatic carbocycles. The first-order valence-electron chi connectivity index (χ1n) is 5.57. The zero-order valence-electron chi connectivity index (χ0n) is 10.3. The monoisotopic (exact) mass is 281 g/mol. The molecule has 1 amide bonds. The van der Waals surface area contributed by atoms with Gasteiger partial charge in [0.25, 0.3) is 5.91 Å². The molecule has 0 saturated carbocycles. The van der Waals surface area contributed by atoms with Crippen LogP contribution in [0.25, 0.3) is 0 Å². The minimum absolute atomic E-state index is 0.0794.